The van der Waals surface area contributed by atoms with E-state index in [1.54, 1.807) is 12.4 Å². The van der Waals surface area contributed by atoms with E-state index in [2.05, 4.69) is 14.9 Å². The third kappa shape index (κ3) is 2.01. The van der Waals surface area contributed by atoms with Gasteiger partial charge in [0, 0.05) is 32.1 Å². The number of anilines is 1. The minimum absolute atomic E-state index is 0.267. The first-order chi connectivity index (χ1) is 6.90. The Morgan fingerprint density at radius 1 is 1.43 bits per heavy atom. The third-order valence-corrected chi connectivity index (χ3v) is 2.61. The molecular weight excluding hydrogens is 178 g/mol. The number of piperidine rings is 1. The van der Waals surface area contributed by atoms with Gasteiger partial charge in [-0.15, -0.1) is 0 Å². The van der Waals surface area contributed by atoms with Crippen LogP contribution in [0.4, 0.5) is 5.95 Å². The standard InChI is InChI=1S/C10H15N3O/c14-8-9-3-1-6-13(7-9)10-11-4-2-5-12-10/h2,4-5,9,14H,1,3,6-8H2/t9-/m1/s1. The second-order valence-corrected chi connectivity index (χ2v) is 3.69. The summed E-state index contributed by atoms with van der Waals surface area (Å²) in [5.74, 6) is 1.17. The van der Waals surface area contributed by atoms with E-state index < -0.39 is 0 Å². The summed E-state index contributed by atoms with van der Waals surface area (Å²) in [4.78, 5) is 10.6. The number of nitrogens with zero attached hydrogens (tertiary/aromatic N) is 3. The van der Waals surface area contributed by atoms with Crippen LogP contribution in [0.3, 0.4) is 0 Å². The average Bonchev–Trinajstić information content (AvgIpc) is 2.30. The Bertz CT molecular complexity index is 278. The number of aliphatic hydroxyl groups is 1. The molecule has 76 valence electrons. The van der Waals surface area contributed by atoms with E-state index in [1.165, 1.54) is 0 Å². The number of hydrogen-bond acceptors (Lipinski definition) is 4. The third-order valence-electron chi connectivity index (χ3n) is 2.61. The largest absolute Gasteiger partial charge is 0.396 e. The minimum Gasteiger partial charge on any atom is -0.396 e. The molecule has 0 bridgehead atoms. The zero-order chi connectivity index (χ0) is 9.80. The topological polar surface area (TPSA) is 49.2 Å². The highest BCUT2D eigenvalue weighted by Gasteiger charge is 2.20. The van der Waals surface area contributed by atoms with Gasteiger partial charge in [0.25, 0.3) is 0 Å². The van der Waals surface area contributed by atoms with Crippen molar-refractivity contribution in [3.8, 4) is 0 Å². The zero-order valence-corrected chi connectivity index (χ0v) is 8.13. The van der Waals surface area contributed by atoms with Crippen molar-refractivity contribution in [1.29, 1.82) is 0 Å². The second kappa shape index (κ2) is 4.37. The molecule has 0 spiro atoms. The molecule has 0 saturated carbocycles. The lowest BCUT2D eigenvalue weighted by Gasteiger charge is -2.31. The van der Waals surface area contributed by atoms with Crippen LogP contribution in [0.2, 0.25) is 0 Å². The van der Waals surface area contributed by atoms with Crippen LogP contribution in [-0.4, -0.2) is 34.8 Å². The highest BCUT2D eigenvalue weighted by Crippen LogP contribution is 2.18. The van der Waals surface area contributed by atoms with Gasteiger partial charge in [0.05, 0.1) is 0 Å². The molecule has 1 saturated heterocycles. The predicted molar refractivity (Wildman–Crippen MR) is 54.1 cm³/mol. The smallest absolute Gasteiger partial charge is 0.225 e. The van der Waals surface area contributed by atoms with Gasteiger partial charge in [-0.1, -0.05) is 0 Å². The maximum Gasteiger partial charge on any atom is 0.225 e. The van der Waals surface area contributed by atoms with E-state index in [1.807, 2.05) is 6.07 Å². The lowest BCUT2D eigenvalue weighted by molar-refractivity contribution is 0.208. The quantitative estimate of drug-likeness (QED) is 0.750. The molecule has 1 aliphatic rings. The normalized spacial score (nSPS) is 22.4. The van der Waals surface area contributed by atoms with Crippen molar-refractivity contribution in [3.05, 3.63) is 18.5 Å². The molecule has 1 fully saturated rings. The van der Waals surface area contributed by atoms with Gasteiger partial charge in [-0.3, -0.25) is 0 Å². The van der Waals surface area contributed by atoms with Crippen molar-refractivity contribution in [2.24, 2.45) is 5.92 Å². The van der Waals surface area contributed by atoms with E-state index in [0.717, 1.165) is 31.9 Å². The van der Waals surface area contributed by atoms with Crippen LogP contribution in [0.5, 0.6) is 0 Å². The summed E-state index contributed by atoms with van der Waals surface area (Å²) in [5, 5.41) is 9.09. The van der Waals surface area contributed by atoms with Crippen molar-refractivity contribution >= 4 is 5.95 Å². The first kappa shape index (κ1) is 9.40. The number of aliphatic hydroxyl groups excluding tert-OH is 1. The lowest BCUT2D eigenvalue weighted by atomic mass is 9.99. The molecule has 14 heavy (non-hydrogen) atoms. The summed E-state index contributed by atoms with van der Waals surface area (Å²) in [7, 11) is 0. The van der Waals surface area contributed by atoms with Gasteiger partial charge in [-0.05, 0) is 24.8 Å². The Balaban J connectivity index is 2.04. The molecule has 1 aromatic rings. The van der Waals surface area contributed by atoms with Gasteiger partial charge < -0.3 is 10.0 Å². The molecule has 1 N–H and O–H groups in total. The van der Waals surface area contributed by atoms with E-state index in [4.69, 9.17) is 5.11 Å². The molecule has 1 aromatic heterocycles. The molecule has 0 radical (unpaired) electrons. The Hall–Kier alpha value is -1.16. The maximum absolute atomic E-state index is 9.09. The summed E-state index contributed by atoms with van der Waals surface area (Å²) >= 11 is 0. The lowest BCUT2D eigenvalue weighted by Crippen LogP contribution is -2.37. The molecule has 4 heteroatoms. The Morgan fingerprint density at radius 2 is 2.21 bits per heavy atom. The number of hydrogen-bond donors (Lipinski definition) is 1. The molecule has 0 aromatic carbocycles. The van der Waals surface area contributed by atoms with Crippen LogP contribution >= 0.6 is 0 Å². The Kier molecular flexibility index (Phi) is 2.93. The van der Waals surface area contributed by atoms with Crippen molar-refractivity contribution in [2.75, 3.05) is 24.6 Å². The van der Waals surface area contributed by atoms with E-state index in [-0.39, 0.29) is 6.61 Å². The van der Waals surface area contributed by atoms with Crippen LogP contribution in [0, 0.1) is 5.92 Å². The average molecular weight is 193 g/mol. The molecule has 0 aliphatic carbocycles. The molecule has 1 aliphatic heterocycles. The fourth-order valence-corrected chi connectivity index (χ4v) is 1.85. The van der Waals surface area contributed by atoms with Crippen molar-refractivity contribution in [2.45, 2.75) is 12.8 Å². The van der Waals surface area contributed by atoms with Crippen molar-refractivity contribution < 1.29 is 5.11 Å². The first-order valence-electron chi connectivity index (χ1n) is 5.03. The van der Waals surface area contributed by atoms with Gasteiger partial charge in [0.15, 0.2) is 0 Å². The highest BCUT2D eigenvalue weighted by molar-refractivity contribution is 5.28. The monoisotopic (exact) mass is 193 g/mol. The van der Waals surface area contributed by atoms with Gasteiger partial charge >= 0.3 is 0 Å². The SMILES string of the molecule is OC[C@@H]1CCCN(c2ncccn2)C1. The van der Waals surface area contributed by atoms with Gasteiger partial charge in [-0.25, -0.2) is 9.97 Å². The Labute approximate surface area is 83.6 Å². The number of aromatic nitrogens is 2. The maximum atomic E-state index is 9.09. The van der Waals surface area contributed by atoms with Crippen LogP contribution in [0.1, 0.15) is 12.8 Å². The molecule has 4 nitrogen and oxygen atoms in total. The Morgan fingerprint density at radius 3 is 2.93 bits per heavy atom. The van der Waals surface area contributed by atoms with Gasteiger partial charge in [0.1, 0.15) is 0 Å². The molecule has 0 unspecified atom stereocenters. The van der Waals surface area contributed by atoms with E-state index in [9.17, 15) is 0 Å². The summed E-state index contributed by atoms with van der Waals surface area (Å²) in [5.41, 5.74) is 0. The van der Waals surface area contributed by atoms with Gasteiger partial charge in [0.2, 0.25) is 5.95 Å². The molecule has 0 amide bonds. The van der Waals surface area contributed by atoms with E-state index in [0.29, 0.717) is 5.92 Å². The number of rotatable bonds is 2. The van der Waals surface area contributed by atoms with Gasteiger partial charge in [-0.2, -0.15) is 0 Å². The summed E-state index contributed by atoms with van der Waals surface area (Å²) in [6, 6.07) is 1.82. The summed E-state index contributed by atoms with van der Waals surface area (Å²) in [6.45, 7) is 2.14. The van der Waals surface area contributed by atoms with E-state index >= 15 is 0 Å². The van der Waals surface area contributed by atoms with Crippen LogP contribution in [0.25, 0.3) is 0 Å². The predicted octanol–water partition coefficient (Wildman–Crippen LogP) is 0.685. The minimum atomic E-state index is 0.267. The molecule has 2 heterocycles. The van der Waals surface area contributed by atoms with Crippen LogP contribution in [0.15, 0.2) is 18.5 Å². The second-order valence-electron chi connectivity index (χ2n) is 3.69. The summed E-state index contributed by atoms with van der Waals surface area (Å²) < 4.78 is 0. The van der Waals surface area contributed by atoms with Crippen LogP contribution < -0.4 is 4.90 Å². The van der Waals surface area contributed by atoms with Crippen molar-refractivity contribution in [1.82, 2.24) is 9.97 Å². The molecular formula is C10H15N3O. The zero-order valence-electron chi connectivity index (χ0n) is 8.13. The molecule has 2 rings (SSSR count). The summed E-state index contributed by atoms with van der Waals surface area (Å²) in [6.07, 6.45) is 5.74. The highest BCUT2D eigenvalue weighted by atomic mass is 16.3. The first-order valence-corrected chi connectivity index (χ1v) is 5.03. The fraction of sp³-hybridized carbons (Fsp3) is 0.600. The molecule has 1 atom stereocenters. The van der Waals surface area contributed by atoms with Crippen molar-refractivity contribution in [3.63, 3.8) is 0 Å². The fourth-order valence-electron chi connectivity index (χ4n) is 1.85. The van der Waals surface area contributed by atoms with Crippen LogP contribution in [-0.2, 0) is 0 Å².